The van der Waals surface area contributed by atoms with Crippen LogP contribution in [0.25, 0.3) is 0 Å². The highest BCUT2D eigenvalue weighted by molar-refractivity contribution is 7.99. The van der Waals surface area contributed by atoms with E-state index in [-0.39, 0.29) is 17.5 Å². The summed E-state index contributed by atoms with van der Waals surface area (Å²) in [4.78, 5) is 0.158. The summed E-state index contributed by atoms with van der Waals surface area (Å²) in [6, 6.07) is 3.00. The summed E-state index contributed by atoms with van der Waals surface area (Å²) in [5, 5.41) is 9.95. The fourth-order valence-electron chi connectivity index (χ4n) is 2.76. The van der Waals surface area contributed by atoms with Crippen LogP contribution in [0.1, 0.15) is 30.4 Å². The maximum atomic E-state index is 12.6. The minimum atomic E-state index is -3.63. The fraction of sp³-hybridized carbons (Fsp3) is 0.571. The molecule has 0 bridgehead atoms. The highest BCUT2D eigenvalue weighted by Gasteiger charge is 2.31. The van der Waals surface area contributed by atoms with Crippen molar-refractivity contribution >= 4 is 33.4 Å². The number of nitrogens with one attached hydrogen (secondary N) is 1. The van der Waals surface area contributed by atoms with E-state index >= 15 is 0 Å². The number of aliphatic hydroxyl groups excluding tert-OH is 1. The van der Waals surface area contributed by atoms with Gasteiger partial charge in [-0.25, -0.2) is 13.1 Å². The first-order chi connectivity index (χ1) is 9.89. The molecule has 0 aromatic heterocycles. The average Bonchev–Trinajstić information content (AvgIpc) is 2.87. The summed E-state index contributed by atoms with van der Waals surface area (Å²) in [6.07, 6.45) is 4.93. The van der Waals surface area contributed by atoms with Crippen LogP contribution in [0.3, 0.4) is 0 Å². The van der Waals surface area contributed by atoms with Crippen LogP contribution >= 0.6 is 23.4 Å². The Kier molecular flexibility index (Phi) is 5.59. The van der Waals surface area contributed by atoms with Crippen LogP contribution in [-0.2, 0) is 16.6 Å². The van der Waals surface area contributed by atoms with E-state index in [0.29, 0.717) is 21.4 Å². The van der Waals surface area contributed by atoms with Crippen molar-refractivity contribution in [2.24, 2.45) is 0 Å². The molecule has 2 N–H and O–H groups in total. The summed E-state index contributed by atoms with van der Waals surface area (Å²) in [5.74, 6) is 0. The van der Waals surface area contributed by atoms with Crippen molar-refractivity contribution in [3.63, 3.8) is 0 Å². The highest BCUT2D eigenvalue weighted by atomic mass is 35.5. The summed E-state index contributed by atoms with van der Waals surface area (Å²) in [6.45, 7) is 1.46. The molecule has 21 heavy (non-hydrogen) atoms. The van der Waals surface area contributed by atoms with Gasteiger partial charge < -0.3 is 5.11 Å². The monoisotopic (exact) mass is 349 g/mol. The van der Waals surface area contributed by atoms with Gasteiger partial charge in [0.05, 0.1) is 11.5 Å². The van der Waals surface area contributed by atoms with Crippen LogP contribution in [0, 0.1) is 6.92 Å². The van der Waals surface area contributed by atoms with Crippen molar-refractivity contribution in [1.29, 1.82) is 0 Å². The van der Waals surface area contributed by atoms with Crippen molar-refractivity contribution in [2.45, 2.75) is 49.0 Å². The number of sulfonamides is 1. The van der Waals surface area contributed by atoms with Crippen LogP contribution in [0.4, 0.5) is 0 Å². The Labute approximate surface area is 135 Å². The molecule has 0 spiro atoms. The largest absolute Gasteiger partial charge is 0.392 e. The van der Waals surface area contributed by atoms with Crippen molar-refractivity contribution in [3.05, 3.63) is 28.3 Å². The molecule has 1 aliphatic rings. The van der Waals surface area contributed by atoms with Gasteiger partial charge in [-0.3, -0.25) is 0 Å². The molecule has 2 unspecified atom stereocenters. The Bertz CT molecular complexity index is 619. The number of aliphatic hydroxyl groups is 1. The van der Waals surface area contributed by atoms with Gasteiger partial charge in [-0.2, -0.15) is 11.8 Å². The van der Waals surface area contributed by atoms with Gasteiger partial charge in [0.2, 0.25) is 10.0 Å². The zero-order valence-electron chi connectivity index (χ0n) is 12.1. The van der Waals surface area contributed by atoms with E-state index in [2.05, 4.69) is 4.72 Å². The second-order valence-corrected chi connectivity index (χ2v) is 8.47. The Morgan fingerprint density at radius 3 is 2.76 bits per heavy atom. The molecular formula is C14H20ClNO3S2. The molecule has 0 heterocycles. The molecule has 4 nitrogen and oxygen atoms in total. The number of thioether (sulfide) groups is 1. The summed E-state index contributed by atoms with van der Waals surface area (Å²) in [7, 11) is -3.63. The Balaban J connectivity index is 2.34. The standard InChI is InChI=1S/C14H20ClNO3S2/c1-9-10(8-17)6-11(15)7-14(9)21(18,19)16-12-4-3-5-13(12)20-2/h6-7,12-13,16-17H,3-5,8H2,1-2H3. The quantitative estimate of drug-likeness (QED) is 0.857. The minimum Gasteiger partial charge on any atom is -0.392 e. The number of hydrogen-bond donors (Lipinski definition) is 2. The third-order valence-electron chi connectivity index (χ3n) is 3.95. The lowest BCUT2D eigenvalue weighted by molar-refractivity contribution is 0.280. The normalized spacial score (nSPS) is 22.7. The lowest BCUT2D eigenvalue weighted by Crippen LogP contribution is -2.38. The topological polar surface area (TPSA) is 66.4 Å². The SMILES string of the molecule is CSC1CCCC1NS(=O)(=O)c1cc(Cl)cc(CO)c1C. The van der Waals surface area contributed by atoms with Crippen LogP contribution < -0.4 is 4.72 Å². The zero-order chi connectivity index (χ0) is 15.6. The van der Waals surface area contributed by atoms with Gasteiger partial charge in [-0.05, 0) is 49.3 Å². The second-order valence-electron chi connectivity index (χ2n) is 5.28. The summed E-state index contributed by atoms with van der Waals surface area (Å²) in [5.41, 5.74) is 1.09. The maximum Gasteiger partial charge on any atom is 0.241 e. The van der Waals surface area contributed by atoms with Crippen molar-refractivity contribution in [2.75, 3.05) is 6.26 Å². The molecule has 0 saturated heterocycles. The van der Waals surface area contributed by atoms with Crippen LogP contribution in [0.2, 0.25) is 5.02 Å². The molecule has 0 radical (unpaired) electrons. The molecule has 0 amide bonds. The predicted octanol–water partition coefficient (Wildman–Crippen LogP) is 2.70. The van der Waals surface area contributed by atoms with Crippen LogP contribution in [-0.4, -0.2) is 31.1 Å². The van der Waals surface area contributed by atoms with E-state index in [9.17, 15) is 13.5 Å². The lowest BCUT2D eigenvalue weighted by atomic mass is 10.1. The summed E-state index contributed by atoms with van der Waals surface area (Å²) < 4.78 is 28.1. The maximum absolute atomic E-state index is 12.6. The van der Waals surface area contributed by atoms with Crippen molar-refractivity contribution < 1.29 is 13.5 Å². The first-order valence-electron chi connectivity index (χ1n) is 6.84. The van der Waals surface area contributed by atoms with Crippen LogP contribution in [0.15, 0.2) is 17.0 Å². The molecule has 2 atom stereocenters. The predicted molar refractivity (Wildman–Crippen MR) is 87.4 cm³/mol. The van der Waals surface area contributed by atoms with Gasteiger partial charge in [0, 0.05) is 16.3 Å². The molecular weight excluding hydrogens is 330 g/mol. The van der Waals surface area contributed by atoms with Gasteiger partial charge in [-0.15, -0.1) is 0 Å². The molecule has 1 aromatic rings. The second kappa shape index (κ2) is 6.87. The number of benzene rings is 1. The molecule has 1 fully saturated rings. The smallest absolute Gasteiger partial charge is 0.241 e. The Morgan fingerprint density at radius 1 is 1.43 bits per heavy atom. The van der Waals surface area contributed by atoms with Gasteiger partial charge in [0.1, 0.15) is 0 Å². The number of halogens is 1. The average molecular weight is 350 g/mol. The van der Waals surface area contributed by atoms with Gasteiger partial charge in [-0.1, -0.05) is 18.0 Å². The molecule has 1 saturated carbocycles. The van der Waals surface area contributed by atoms with E-state index in [4.69, 9.17) is 11.6 Å². The van der Waals surface area contributed by atoms with E-state index in [1.165, 1.54) is 6.07 Å². The first kappa shape index (κ1) is 17.1. The summed E-state index contributed by atoms with van der Waals surface area (Å²) >= 11 is 7.67. The Morgan fingerprint density at radius 2 is 2.14 bits per heavy atom. The number of hydrogen-bond acceptors (Lipinski definition) is 4. The zero-order valence-corrected chi connectivity index (χ0v) is 14.5. The van der Waals surface area contributed by atoms with E-state index < -0.39 is 10.0 Å². The van der Waals surface area contributed by atoms with Gasteiger partial charge in [0.15, 0.2) is 0 Å². The van der Waals surface area contributed by atoms with Crippen molar-refractivity contribution in [3.8, 4) is 0 Å². The van der Waals surface area contributed by atoms with E-state index in [0.717, 1.165) is 19.3 Å². The van der Waals surface area contributed by atoms with Crippen LogP contribution in [0.5, 0.6) is 0 Å². The Hall–Kier alpha value is -0.270. The van der Waals surface area contributed by atoms with Crippen molar-refractivity contribution in [1.82, 2.24) is 4.72 Å². The first-order valence-corrected chi connectivity index (χ1v) is 9.99. The molecule has 1 aliphatic carbocycles. The molecule has 2 rings (SSSR count). The molecule has 7 heteroatoms. The third kappa shape index (κ3) is 3.74. The van der Waals surface area contributed by atoms with E-state index in [1.807, 2.05) is 6.26 Å². The lowest BCUT2D eigenvalue weighted by Gasteiger charge is -2.20. The third-order valence-corrected chi connectivity index (χ3v) is 6.96. The molecule has 118 valence electrons. The fourth-order valence-corrected chi connectivity index (χ4v) is 5.71. The van der Waals surface area contributed by atoms with Gasteiger partial charge >= 0.3 is 0 Å². The molecule has 1 aromatic carbocycles. The minimum absolute atomic E-state index is 0.0408. The highest BCUT2D eigenvalue weighted by Crippen LogP contribution is 2.31. The van der Waals surface area contributed by atoms with Gasteiger partial charge in [0.25, 0.3) is 0 Å². The number of rotatable bonds is 5. The van der Waals surface area contributed by atoms with E-state index in [1.54, 1.807) is 24.8 Å². The molecule has 0 aliphatic heterocycles.